The summed E-state index contributed by atoms with van der Waals surface area (Å²) in [6.07, 6.45) is 3.09. The second-order valence-corrected chi connectivity index (χ2v) is 7.30. The van der Waals surface area contributed by atoms with E-state index in [1.165, 1.54) is 0 Å². The molecule has 0 atom stereocenters. The Hall–Kier alpha value is -2.90. The summed E-state index contributed by atoms with van der Waals surface area (Å²) in [6, 6.07) is 9.89. The zero-order valence-electron chi connectivity index (χ0n) is 15.1. The summed E-state index contributed by atoms with van der Waals surface area (Å²) in [5.74, 6) is 1.58. The van der Waals surface area contributed by atoms with E-state index in [0.717, 1.165) is 58.2 Å². The van der Waals surface area contributed by atoms with Gasteiger partial charge in [-0.05, 0) is 18.2 Å². The number of hydrogen-bond donors (Lipinski definition) is 3. The number of anilines is 1. The van der Waals surface area contributed by atoms with Crippen molar-refractivity contribution in [3.8, 4) is 11.4 Å². The van der Waals surface area contributed by atoms with Gasteiger partial charge in [0, 0.05) is 55.6 Å². The maximum Gasteiger partial charge on any atom is 0.140 e. The number of aliphatic hydroxyl groups excluding tert-OH is 1. The van der Waals surface area contributed by atoms with Gasteiger partial charge in [0.05, 0.1) is 21.7 Å². The number of aromatic nitrogens is 5. The Morgan fingerprint density at radius 2 is 2.14 bits per heavy atom. The number of hydrogen-bond acceptors (Lipinski definition) is 5. The molecule has 1 aliphatic rings. The van der Waals surface area contributed by atoms with Gasteiger partial charge in [0.25, 0.3) is 0 Å². The summed E-state index contributed by atoms with van der Waals surface area (Å²) in [5, 5.41) is 17.3. The Morgan fingerprint density at radius 1 is 1.25 bits per heavy atom. The first-order valence-electron chi connectivity index (χ1n) is 9.24. The highest BCUT2D eigenvalue weighted by molar-refractivity contribution is 6.33. The first kappa shape index (κ1) is 17.2. The monoisotopic (exact) mass is 394 g/mol. The lowest BCUT2D eigenvalue weighted by Crippen LogP contribution is -2.31. The summed E-state index contributed by atoms with van der Waals surface area (Å²) in [7, 11) is 0. The lowest BCUT2D eigenvalue weighted by atomic mass is 10.0. The molecule has 0 amide bonds. The molecule has 0 bridgehead atoms. The molecule has 0 spiro atoms. The van der Waals surface area contributed by atoms with Gasteiger partial charge in [0.2, 0.25) is 0 Å². The van der Waals surface area contributed by atoms with Crippen molar-refractivity contribution in [3.63, 3.8) is 0 Å². The van der Waals surface area contributed by atoms with Crippen LogP contribution in [0.15, 0.2) is 36.5 Å². The summed E-state index contributed by atoms with van der Waals surface area (Å²) in [6.45, 7) is 1.63. The van der Waals surface area contributed by atoms with Gasteiger partial charge in [-0.3, -0.25) is 5.10 Å². The van der Waals surface area contributed by atoms with Crippen molar-refractivity contribution in [3.05, 3.63) is 58.5 Å². The Kier molecular flexibility index (Phi) is 4.26. The molecule has 3 N–H and O–H groups in total. The van der Waals surface area contributed by atoms with Gasteiger partial charge in [0.15, 0.2) is 0 Å². The fraction of sp³-hybridized carbons (Fsp3) is 0.250. The third-order valence-corrected chi connectivity index (χ3v) is 5.48. The number of nitrogens with one attached hydrogen (secondary N) is 2. The minimum Gasteiger partial charge on any atom is -0.396 e. The van der Waals surface area contributed by atoms with E-state index in [9.17, 15) is 5.11 Å². The standard InChI is InChI=1S/C20H19ClN6O/c21-14-10-22-19(9-12(14)20-23-17-3-1-2-4-18(17)24-20)27-7-5-15-13(11-27)16(6-8-28)26-25-15/h1-4,9-10,28H,5-8,11H2,(H,23,24)(H,25,26). The van der Waals surface area contributed by atoms with E-state index in [2.05, 4.69) is 30.0 Å². The van der Waals surface area contributed by atoms with Gasteiger partial charge in [-0.15, -0.1) is 0 Å². The number of rotatable bonds is 4. The molecule has 1 aliphatic heterocycles. The van der Waals surface area contributed by atoms with Crippen LogP contribution in [0, 0.1) is 0 Å². The molecule has 0 saturated heterocycles. The number of para-hydroxylation sites is 2. The Labute approximate surface area is 166 Å². The molecule has 142 valence electrons. The van der Waals surface area contributed by atoms with Gasteiger partial charge in [-0.2, -0.15) is 5.10 Å². The molecule has 7 nitrogen and oxygen atoms in total. The molecular formula is C20H19ClN6O. The van der Waals surface area contributed by atoms with Gasteiger partial charge in [-0.25, -0.2) is 9.97 Å². The maximum atomic E-state index is 9.27. The molecule has 0 unspecified atom stereocenters. The van der Waals surface area contributed by atoms with E-state index in [-0.39, 0.29) is 6.61 Å². The SMILES string of the molecule is OCCc1n[nH]c2c1CN(c1cc(-c3nc4ccccc4[nH]3)c(Cl)cn1)CC2. The Balaban J connectivity index is 1.50. The normalized spacial score (nSPS) is 13.9. The summed E-state index contributed by atoms with van der Waals surface area (Å²) >= 11 is 6.44. The van der Waals surface area contributed by atoms with Gasteiger partial charge >= 0.3 is 0 Å². The second-order valence-electron chi connectivity index (χ2n) is 6.90. The summed E-state index contributed by atoms with van der Waals surface area (Å²) < 4.78 is 0. The molecule has 4 heterocycles. The number of imidazole rings is 1. The van der Waals surface area contributed by atoms with Crippen molar-refractivity contribution in [2.75, 3.05) is 18.1 Å². The lowest BCUT2D eigenvalue weighted by molar-refractivity contribution is 0.297. The molecule has 28 heavy (non-hydrogen) atoms. The molecule has 8 heteroatoms. The molecular weight excluding hydrogens is 376 g/mol. The van der Waals surface area contributed by atoms with Crippen molar-refractivity contribution in [2.24, 2.45) is 0 Å². The molecule has 0 saturated carbocycles. The smallest absolute Gasteiger partial charge is 0.140 e. The first-order valence-corrected chi connectivity index (χ1v) is 9.62. The van der Waals surface area contributed by atoms with Crippen LogP contribution in [-0.4, -0.2) is 43.4 Å². The van der Waals surface area contributed by atoms with Crippen LogP contribution in [0.2, 0.25) is 5.02 Å². The van der Waals surface area contributed by atoms with Gasteiger partial charge in [0.1, 0.15) is 11.6 Å². The molecule has 0 fully saturated rings. The largest absolute Gasteiger partial charge is 0.396 e. The van der Waals surface area contributed by atoms with E-state index in [0.29, 0.717) is 18.0 Å². The molecule has 1 aromatic carbocycles. The average molecular weight is 395 g/mol. The van der Waals surface area contributed by atoms with Crippen LogP contribution in [-0.2, 0) is 19.4 Å². The zero-order valence-corrected chi connectivity index (χ0v) is 15.9. The average Bonchev–Trinajstić information content (AvgIpc) is 3.32. The van der Waals surface area contributed by atoms with Crippen LogP contribution in [0.5, 0.6) is 0 Å². The van der Waals surface area contributed by atoms with Crippen molar-refractivity contribution in [1.29, 1.82) is 0 Å². The highest BCUT2D eigenvalue weighted by Gasteiger charge is 2.23. The third kappa shape index (κ3) is 2.93. The van der Waals surface area contributed by atoms with Crippen molar-refractivity contribution < 1.29 is 5.11 Å². The van der Waals surface area contributed by atoms with E-state index >= 15 is 0 Å². The van der Waals surface area contributed by atoms with E-state index in [4.69, 9.17) is 11.6 Å². The number of H-pyrrole nitrogens is 2. The van der Waals surface area contributed by atoms with Crippen LogP contribution >= 0.6 is 11.6 Å². The van der Waals surface area contributed by atoms with Crippen LogP contribution in [0.25, 0.3) is 22.4 Å². The van der Waals surface area contributed by atoms with Gasteiger partial charge < -0.3 is 15.0 Å². The van der Waals surface area contributed by atoms with Crippen molar-refractivity contribution in [2.45, 2.75) is 19.4 Å². The van der Waals surface area contributed by atoms with Crippen LogP contribution < -0.4 is 4.90 Å². The fourth-order valence-electron chi connectivity index (χ4n) is 3.72. The Morgan fingerprint density at radius 3 is 3.00 bits per heavy atom. The number of halogens is 1. The topological polar surface area (TPSA) is 93.7 Å². The Bertz CT molecular complexity index is 1120. The van der Waals surface area contributed by atoms with Crippen LogP contribution in [0.3, 0.4) is 0 Å². The van der Waals surface area contributed by atoms with Crippen LogP contribution in [0.4, 0.5) is 5.82 Å². The number of fused-ring (bicyclic) bond motifs is 2. The number of pyridine rings is 1. The summed E-state index contributed by atoms with van der Waals surface area (Å²) in [5.41, 5.74) is 5.93. The minimum atomic E-state index is 0.0900. The zero-order chi connectivity index (χ0) is 19.1. The second kappa shape index (κ2) is 6.92. The lowest BCUT2D eigenvalue weighted by Gasteiger charge is -2.28. The molecule has 3 aromatic heterocycles. The highest BCUT2D eigenvalue weighted by Crippen LogP contribution is 2.32. The molecule has 0 radical (unpaired) electrons. The third-order valence-electron chi connectivity index (χ3n) is 5.18. The summed E-state index contributed by atoms with van der Waals surface area (Å²) in [4.78, 5) is 14.8. The first-order chi connectivity index (χ1) is 13.7. The maximum absolute atomic E-state index is 9.27. The van der Waals surface area contributed by atoms with Crippen molar-refractivity contribution in [1.82, 2.24) is 25.1 Å². The number of nitrogens with zero attached hydrogens (tertiary/aromatic N) is 4. The minimum absolute atomic E-state index is 0.0900. The number of benzene rings is 1. The number of aliphatic hydroxyl groups is 1. The molecule has 5 rings (SSSR count). The predicted octanol–water partition coefficient (Wildman–Crippen LogP) is 3.10. The molecule has 4 aromatic rings. The van der Waals surface area contributed by atoms with E-state index in [1.54, 1.807) is 6.20 Å². The van der Waals surface area contributed by atoms with E-state index < -0.39 is 0 Å². The van der Waals surface area contributed by atoms with Gasteiger partial charge in [-0.1, -0.05) is 23.7 Å². The van der Waals surface area contributed by atoms with Crippen LogP contribution in [0.1, 0.15) is 17.0 Å². The highest BCUT2D eigenvalue weighted by atomic mass is 35.5. The van der Waals surface area contributed by atoms with Crippen molar-refractivity contribution >= 4 is 28.5 Å². The fourth-order valence-corrected chi connectivity index (χ4v) is 3.92. The molecule has 0 aliphatic carbocycles. The quantitative estimate of drug-likeness (QED) is 0.494. The number of aromatic amines is 2. The van der Waals surface area contributed by atoms with E-state index in [1.807, 2.05) is 30.3 Å². The predicted molar refractivity (Wildman–Crippen MR) is 108 cm³/mol.